The van der Waals surface area contributed by atoms with Crippen LogP contribution >= 0.6 is 0 Å². The number of hydrogen-bond donors (Lipinski definition) is 1. The predicted octanol–water partition coefficient (Wildman–Crippen LogP) is 2.95. The monoisotopic (exact) mass is 435 g/mol. The van der Waals surface area contributed by atoms with E-state index < -0.39 is 15.8 Å². The number of halogens is 1. The van der Waals surface area contributed by atoms with Gasteiger partial charge >= 0.3 is 0 Å². The van der Waals surface area contributed by atoms with Crippen LogP contribution in [0.3, 0.4) is 0 Å². The van der Waals surface area contributed by atoms with Crippen LogP contribution in [0.25, 0.3) is 0 Å². The summed E-state index contributed by atoms with van der Waals surface area (Å²) in [5.41, 5.74) is 1.15. The second kappa shape index (κ2) is 9.44. The molecule has 1 aliphatic heterocycles. The van der Waals surface area contributed by atoms with Gasteiger partial charge in [0, 0.05) is 37.4 Å². The zero-order chi connectivity index (χ0) is 21.7. The van der Waals surface area contributed by atoms with E-state index in [1.54, 1.807) is 11.0 Å². The summed E-state index contributed by atoms with van der Waals surface area (Å²) in [4.78, 5) is 16.0. The molecule has 1 fully saturated rings. The van der Waals surface area contributed by atoms with Gasteiger partial charge in [-0.3, -0.25) is 9.52 Å². The van der Waals surface area contributed by atoms with Gasteiger partial charge in [0.25, 0.3) is 15.9 Å². The Bertz CT molecular complexity index is 986. The number of rotatable bonds is 7. The van der Waals surface area contributed by atoms with E-state index in [4.69, 9.17) is 4.74 Å². The predicted molar refractivity (Wildman–Crippen MR) is 114 cm³/mol. The van der Waals surface area contributed by atoms with E-state index >= 15 is 0 Å². The third kappa shape index (κ3) is 5.09. The zero-order valence-electron chi connectivity index (χ0n) is 17.1. The average Bonchev–Trinajstić information content (AvgIpc) is 2.74. The summed E-state index contributed by atoms with van der Waals surface area (Å²) in [6, 6.07) is 9.84. The normalized spacial score (nSPS) is 14.4. The first-order valence-electron chi connectivity index (χ1n) is 9.89. The van der Waals surface area contributed by atoms with Crippen LogP contribution in [0.2, 0.25) is 0 Å². The van der Waals surface area contributed by atoms with Crippen molar-refractivity contribution in [2.75, 3.05) is 49.0 Å². The van der Waals surface area contributed by atoms with Crippen LogP contribution in [0.1, 0.15) is 24.2 Å². The van der Waals surface area contributed by atoms with Crippen LogP contribution in [0, 0.1) is 5.82 Å². The van der Waals surface area contributed by atoms with E-state index in [-0.39, 0.29) is 16.5 Å². The topological polar surface area (TPSA) is 79.0 Å². The van der Waals surface area contributed by atoms with E-state index in [1.165, 1.54) is 30.3 Å². The van der Waals surface area contributed by atoms with Gasteiger partial charge in [-0.1, -0.05) is 0 Å². The molecule has 2 aromatic rings. The molecule has 0 saturated carbocycles. The molecule has 0 aromatic heterocycles. The van der Waals surface area contributed by atoms with Crippen molar-refractivity contribution in [2.45, 2.75) is 18.7 Å². The summed E-state index contributed by atoms with van der Waals surface area (Å²) in [6.45, 7) is 7.20. The molecule has 1 saturated heterocycles. The van der Waals surface area contributed by atoms with E-state index in [0.29, 0.717) is 50.6 Å². The molecule has 1 aliphatic rings. The van der Waals surface area contributed by atoms with Crippen molar-refractivity contribution in [1.29, 1.82) is 0 Å². The van der Waals surface area contributed by atoms with Crippen LogP contribution in [0.5, 0.6) is 0 Å². The first kappa shape index (κ1) is 22.0. The fourth-order valence-corrected chi connectivity index (χ4v) is 4.36. The molecule has 0 bridgehead atoms. The molecule has 1 heterocycles. The van der Waals surface area contributed by atoms with Crippen molar-refractivity contribution in [3.05, 3.63) is 53.8 Å². The molecule has 7 nitrogen and oxygen atoms in total. The fourth-order valence-electron chi connectivity index (χ4n) is 3.32. The summed E-state index contributed by atoms with van der Waals surface area (Å²) >= 11 is 0. The number of benzene rings is 2. The lowest BCUT2D eigenvalue weighted by molar-refractivity contribution is 0.0773. The van der Waals surface area contributed by atoms with E-state index in [9.17, 15) is 17.6 Å². The Morgan fingerprint density at radius 3 is 2.33 bits per heavy atom. The SMILES string of the molecule is CCN(CC)C(=O)c1ccc(S(=O)(=O)Nc2cc(F)cc(N3CCOCC3)c2)cc1. The number of carbonyl (C=O) groups excluding carboxylic acids is 1. The molecule has 0 unspecified atom stereocenters. The van der Waals surface area contributed by atoms with Crippen LogP contribution < -0.4 is 9.62 Å². The number of nitrogens with zero attached hydrogens (tertiary/aromatic N) is 2. The summed E-state index contributed by atoms with van der Waals surface area (Å²) < 4.78 is 47.4. The highest BCUT2D eigenvalue weighted by atomic mass is 32.2. The standard InChI is InChI=1S/C21H26FN3O4S/c1-3-24(4-2)21(26)16-5-7-20(8-6-16)30(27,28)23-18-13-17(22)14-19(15-18)25-9-11-29-12-10-25/h5-8,13-15,23H,3-4,9-12H2,1-2H3. The number of nitrogens with one attached hydrogen (secondary N) is 1. The van der Waals surface area contributed by atoms with E-state index in [2.05, 4.69) is 4.72 Å². The van der Waals surface area contributed by atoms with Gasteiger partial charge in [0.05, 0.1) is 23.8 Å². The van der Waals surface area contributed by atoms with Gasteiger partial charge in [-0.05, 0) is 56.3 Å². The number of anilines is 2. The fraction of sp³-hybridized carbons (Fsp3) is 0.381. The van der Waals surface area contributed by atoms with Crippen molar-refractivity contribution < 1.29 is 22.3 Å². The minimum absolute atomic E-state index is 0.00391. The van der Waals surface area contributed by atoms with Gasteiger partial charge in [-0.25, -0.2) is 12.8 Å². The Kier molecular flexibility index (Phi) is 6.94. The molecule has 2 aromatic carbocycles. The number of morpholine rings is 1. The smallest absolute Gasteiger partial charge is 0.261 e. The molecule has 30 heavy (non-hydrogen) atoms. The molecule has 0 aliphatic carbocycles. The largest absolute Gasteiger partial charge is 0.378 e. The quantitative estimate of drug-likeness (QED) is 0.724. The molecule has 162 valence electrons. The first-order chi connectivity index (χ1) is 14.3. The highest BCUT2D eigenvalue weighted by Crippen LogP contribution is 2.25. The average molecular weight is 436 g/mol. The van der Waals surface area contributed by atoms with Gasteiger partial charge in [-0.2, -0.15) is 0 Å². The molecule has 1 N–H and O–H groups in total. The third-order valence-corrected chi connectivity index (χ3v) is 6.37. The minimum atomic E-state index is -3.94. The van der Waals surface area contributed by atoms with Crippen LogP contribution in [-0.2, 0) is 14.8 Å². The summed E-state index contributed by atoms with van der Waals surface area (Å²) in [5, 5.41) is 0. The second-order valence-corrected chi connectivity index (χ2v) is 8.59. The minimum Gasteiger partial charge on any atom is -0.378 e. The second-order valence-electron chi connectivity index (χ2n) is 6.90. The van der Waals surface area contributed by atoms with Crippen LogP contribution in [0.15, 0.2) is 47.4 Å². The molecular formula is C21H26FN3O4S. The van der Waals surface area contributed by atoms with Gasteiger partial charge in [-0.15, -0.1) is 0 Å². The molecule has 3 rings (SSSR count). The molecule has 1 amide bonds. The molecule has 0 radical (unpaired) electrons. The Balaban J connectivity index is 1.79. The van der Waals surface area contributed by atoms with Gasteiger partial charge in [0.15, 0.2) is 0 Å². The zero-order valence-corrected chi connectivity index (χ0v) is 17.9. The van der Waals surface area contributed by atoms with Crippen molar-refractivity contribution in [2.24, 2.45) is 0 Å². The van der Waals surface area contributed by atoms with Crippen molar-refractivity contribution >= 4 is 27.3 Å². The lowest BCUT2D eigenvalue weighted by Crippen LogP contribution is -2.36. The highest BCUT2D eigenvalue weighted by Gasteiger charge is 2.19. The maximum atomic E-state index is 14.1. The maximum absolute atomic E-state index is 14.1. The molecule has 0 atom stereocenters. The van der Waals surface area contributed by atoms with Crippen molar-refractivity contribution in [3.63, 3.8) is 0 Å². The molecule has 9 heteroatoms. The summed E-state index contributed by atoms with van der Waals surface area (Å²) in [6.07, 6.45) is 0. The number of sulfonamides is 1. The van der Waals surface area contributed by atoms with Crippen LogP contribution in [-0.4, -0.2) is 58.6 Å². The summed E-state index contributed by atoms with van der Waals surface area (Å²) in [5.74, 6) is -0.686. The summed E-state index contributed by atoms with van der Waals surface area (Å²) in [7, 11) is -3.94. The molecule has 0 spiro atoms. The third-order valence-electron chi connectivity index (χ3n) is 4.97. The molecular weight excluding hydrogens is 409 g/mol. The number of ether oxygens (including phenoxy) is 1. The Hall–Kier alpha value is -2.65. The Labute approximate surface area is 176 Å². The van der Waals surface area contributed by atoms with Gasteiger partial charge in [0.2, 0.25) is 0 Å². The highest BCUT2D eigenvalue weighted by molar-refractivity contribution is 7.92. The number of amides is 1. The number of carbonyl (C=O) groups is 1. The number of hydrogen-bond acceptors (Lipinski definition) is 5. The van der Waals surface area contributed by atoms with Crippen LogP contribution in [0.4, 0.5) is 15.8 Å². The van der Waals surface area contributed by atoms with Crippen molar-refractivity contribution in [1.82, 2.24) is 4.90 Å². The van der Waals surface area contributed by atoms with E-state index in [1.807, 2.05) is 18.7 Å². The maximum Gasteiger partial charge on any atom is 0.261 e. The lowest BCUT2D eigenvalue weighted by Gasteiger charge is -2.29. The lowest BCUT2D eigenvalue weighted by atomic mass is 10.2. The van der Waals surface area contributed by atoms with Gasteiger partial charge in [0.1, 0.15) is 5.82 Å². The van der Waals surface area contributed by atoms with E-state index in [0.717, 1.165) is 6.07 Å². The first-order valence-corrected chi connectivity index (χ1v) is 11.4. The van der Waals surface area contributed by atoms with Crippen molar-refractivity contribution in [3.8, 4) is 0 Å². The Morgan fingerprint density at radius 1 is 1.10 bits per heavy atom. The van der Waals surface area contributed by atoms with Gasteiger partial charge < -0.3 is 14.5 Å². The Morgan fingerprint density at radius 2 is 1.73 bits per heavy atom.